The van der Waals surface area contributed by atoms with Gasteiger partial charge in [-0.2, -0.15) is 4.98 Å². The maximum Gasteiger partial charge on any atom is 0.244 e. The fourth-order valence-electron chi connectivity index (χ4n) is 3.10. The van der Waals surface area contributed by atoms with Crippen molar-refractivity contribution in [1.82, 2.24) is 24.9 Å². The second-order valence-electron chi connectivity index (χ2n) is 6.24. The number of hydrogen-bond acceptors (Lipinski definition) is 7. The van der Waals surface area contributed by atoms with Crippen LogP contribution in [0.15, 0.2) is 51.7 Å². The second-order valence-corrected chi connectivity index (χ2v) is 6.24. The highest BCUT2D eigenvalue weighted by Crippen LogP contribution is 2.23. The van der Waals surface area contributed by atoms with Crippen molar-refractivity contribution in [3.63, 3.8) is 0 Å². The molecule has 0 spiro atoms. The van der Waals surface area contributed by atoms with Gasteiger partial charge in [-0.1, -0.05) is 11.2 Å². The molecule has 1 saturated heterocycles. The zero-order valence-corrected chi connectivity index (χ0v) is 14.2. The molecule has 0 bridgehead atoms. The number of furan rings is 1. The van der Waals surface area contributed by atoms with Crippen molar-refractivity contribution in [2.75, 3.05) is 26.2 Å². The van der Waals surface area contributed by atoms with Crippen LogP contribution in [-0.2, 0) is 6.54 Å². The lowest BCUT2D eigenvalue weighted by atomic mass is 10.2. The Labute approximate surface area is 146 Å². The van der Waals surface area contributed by atoms with E-state index in [2.05, 4.69) is 37.9 Å². The minimum absolute atomic E-state index is 0.0909. The lowest BCUT2D eigenvalue weighted by molar-refractivity contribution is 0.0839. The van der Waals surface area contributed by atoms with Crippen LogP contribution in [-0.4, -0.2) is 51.1 Å². The molecule has 25 heavy (non-hydrogen) atoms. The first-order valence-corrected chi connectivity index (χ1v) is 8.53. The number of hydrogen-bond donors (Lipinski definition) is 0. The topological polar surface area (TPSA) is 71.4 Å². The molecule has 0 N–H and O–H groups in total. The maximum absolute atomic E-state index is 5.44. The van der Waals surface area contributed by atoms with E-state index in [1.165, 1.54) is 0 Å². The number of aromatic nitrogens is 3. The van der Waals surface area contributed by atoms with E-state index < -0.39 is 0 Å². The third-order valence-electron chi connectivity index (χ3n) is 4.61. The number of pyridine rings is 1. The van der Waals surface area contributed by atoms with Crippen LogP contribution in [0.25, 0.3) is 11.6 Å². The minimum Gasteiger partial charge on any atom is -0.461 e. The average Bonchev–Trinajstić information content (AvgIpc) is 3.34. The molecule has 0 unspecified atom stereocenters. The molecule has 1 fully saturated rings. The first-order valence-electron chi connectivity index (χ1n) is 8.53. The summed E-state index contributed by atoms with van der Waals surface area (Å²) in [5.41, 5.74) is 1.11. The molecular formula is C18H21N5O2. The van der Waals surface area contributed by atoms with Crippen molar-refractivity contribution >= 4 is 0 Å². The first-order chi connectivity index (χ1) is 12.3. The van der Waals surface area contributed by atoms with Crippen LogP contribution in [0.3, 0.4) is 0 Å². The Morgan fingerprint density at radius 2 is 2.00 bits per heavy atom. The van der Waals surface area contributed by atoms with Gasteiger partial charge in [-0.05, 0) is 31.2 Å². The summed E-state index contributed by atoms with van der Waals surface area (Å²) in [5, 5.41) is 4.02. The molecule has 4 heterocycles. The molecule has 130 valence electrons. The van der Waals surface area contributed by atoms with E-state index in [-0.39, 0.29) is 6.04 Å². The van der Waals surface area contributed by atoms with E-state index in [4.69, 9.17) is 8.94 Å². The molecule has 0 aromatic carbocycles. The molecular weight excluding hydrogens is 318 g/mol. The molecule has 0 amide bonds. The van der Waals surface area contributed by atoms with E-state index in [1.807, 2.05) is 30.5 Å². The Balaban J connectivity index is 1.34. The summed E-state index contributed by atoms with van der Waals surface area (Å²) in [6.07, 6.45) is 3.45. The molecule has 3 aromatic heterocycles. The highest BCUT2D eigenvalue weighted by molar-refractivity contribution is 5.44. The highest BCUT2D eigenvalue weighted by Gasteiger charge is 2.26. The smallest absolute Gasteiger partial charge is 0.244 e. The van der Waals surface area contributed by atoms with Crippen LogP contribution in [0, 0.1) is 0 Å². The Kier molecular flexibility index (Phi) is 4.58. The third kappa shape index (κ3) is 3.62. The fourth-order valence-corrected chi connectivity index (χ4v) is 3.10. The monoisotopic (exact) mass is 339 g/mol. The quantitative estimate of drug-likeness (QED) is 0.707. The molecule has 0 saturated carbocycles. The van der Waals surface area contributed by atoms with E-state index in [1.54, 1.807) is 6.26 Å². The molecule has 0 aliphatic carbocycles. The Hall–Kier alpha value is -2.51. The zero-order chi connectivity index (χ0) is 17.1. The average molecular weight is 339 g/mol. The van der Waals surface area contributed by atoms with Gasteiger partial charge >= 0.3 is 0 Å². The Bertz CT molecular complexity index is 779. The summed E-state index contributed by atoms with van der Waals surface area (Å²) < 4.78 is 10.8. The van der Waals surface area contributed by atoms with Crippen molar-refractivity contribution < 1.29 is 8.94 Å². The standard InChI is InChI=1S/C18H21N5O2/c1-14(18-20-17(21-25-18)16-6-4-12-24-16)23-10-8-22(9-11-23)13-15-5-2-3-7-19-15/h2-7,12,14H,8-11,13H2,1H3/t14-/m1/s1. The molecule has 7 heteroatoms. The largest absolute Gasteiger partial charge is 0.461 e. The normalized spacial score (nSPS) is 17.6. The zero-order valence-electron chi connectivity index (χ0n) is 14.2. The summed E-state index contributed by atoms with van der Waals surface area (Å²) in [6, 6.07) is 9.79. The van der Waals surface area contributed by atoms with Gasteiger partial charge in [-0.15, -0.1) is 0 Å². The van der Waals surface area contributed by atoms with Crippen LogP contribution < -0.4 is 0 Å². The second kappa shape index (κ2) is 7.16. The molecule has 0 radical (unpaired) electrons. The first kappa shape index (κ1) is 16.0. The van der Waals surface area contributed by atoms with Gasteiger partial charge in [0.2, 0.25) is 11.7 Å². The lowest BCUT2D eigenvalue weighted by Gasteiger charge is -2.36. The summed E-state index contributed by atoms with van der Waals surface area (Å²) in [4.78, 5) is 13.7. The third-order valence-corrected chi connectivity index (χ3v) is 4.61. The van der Waals surface area contributed by atoms with E-state index in [9.17, 15) is 0 Å². The van der Waals surface area contributed by atoms with Crippen LogP contribution in [0.2, 0.25) is 0 Å². The van der Waals surface area contributed by atoms with Crippen LogP contribution >= 0.6 is 0 Å². The van der Waals surface area contributed by atoms with Crippen molar-refractivity contribution in [1.29, 1.82) is 0 Å². The van der Waals surface area contributed by atoms with Gasteiger partial charge < -0.3 is 8.94 Å². The van der Waals surface area contributed by atoms with E-state index in [0.29, 0.717) is 17.5 Å². The Morgan fingerprint density at radius 3 is 2.72 bits per heavy atom. The number of nitrogens with zero attached hydrogens (tertiary/aromatic N) is 5. The SMILES string of the molecule is C[C@H](c1nc(-c2ccco2)no1)N1CCN(Cc2ccccn2)CC1. The highest BCUT2D eigenvalue weighted by atomic mass is 16.5. The van der Waals surface area contributed by atoms with E-state index >= 15 is 0 Å². The van der Waals surface area contributed by atoms with Gasteiger partial charge in [0.25, 0.3) is 0 Å². The van der Waals surface area contributed by atoms with Gasteiger partial charge in [0.1, 0.15) is 0 Å². The minimum atomic E-state index is 0.0909. The maximum atomic E-state index is 5.44. The van der Waals surface area contributed by atoms with Crippen molar-refractivity contribution in [2.24, 2.45) is 0 Å². The van der Waals surface area contributed by atoms with Crippen LogP contribution in [0.5, 0.6) is 0 Å². The van der Waals surface area contributed by atoms with E-state index in [0.717, 1.165) is 38.4 Å². The number of piperazine rings is 1. The lowest BCUT2D eigenvalue weighted by Crippen LogP contribution is -2.46. The molecule has 1 aliphatic heterocycles. The predicted molar refractivity (Wildman–Crippen MR) is 91.5 cm³/mol. The summed E-state index contributed by atoms with van der Waals surface area (Å²) >= 11 is 0. The van der Waals surface area contributed by atoms with Crippen LogP contribution in [0.4, 0.5) is 0 Å². The van der Waals surface area contributed by atoms with Gasteiger partial charge in [0.05, 0.1) is 18.0 Å². The summed E-state index contributed by atoms with van der Waals surface area (Å²) in [6.45, 7) is 6.93. The Morgan fingerprint density at radius 1 is 1.12 bits per heavy atom. The van der Waals surface area contributed by atoms with Gasteiger partial charge in [0, 0.05) is 38.9 Å². The fraction of sp³-hybridized carbons (Fsp3) is 0.389. The number of rotatable bonds is 5. The molecule has 1 aliphatic rings. The van der Waals surface area contributed by atoms with Crippen molar-refractivity contribution in [3.05, 3.63) is 54.4 Å². The van der Waals surface area contributed by atoms with Gasteiger partial charge in [-0.25, -0.2) is 0 Å². The van der Waals surface area contributed by atoms with Crippen molar-refractivity contribution in [3.8, 4) is 11.6 Å². The summed E-state index contributed by atoms with van der Waals surface area (Å²) in [7, 11) is 0. The molecule has 1 atom stereocenters. The predicted octanol–water partition coefficient (Wildman–Crippen LogP) is 2.60. The summed E-state index contributed by atoms with van der Waals surface area (Å²) in [5.74, 6) is 1.76. The molecule has 7 nitrogen and oxygen atoms in total. The van der Waals surface area contributed by atoms with Gasteiger partial charge in [-0.3, -0.25) is 14.8 Å². The molecule has 4 rings (SSSR count). The van der Waals surface area contributed by atoms with Crippen LogP contribution in [0.1, 0.15) is 24.6 Å². The van der Waals surface area contributed by atoms with Crippen molar-refractivity contribution in [2.45, 2.75) is 19.5 Å². The molecule has 3 aromatic rings. The van der Waals surface area contributed by atoms with Gasteiger partial charge in [0.15, 0.2) is 5.76 Å².